The summed E-state index contributed by atoms with van der Waals surface area (Å²) in [5, 5.41) is 3.57. The number of hydrogen-bond donors (Lipinski definition) is 2. The third-order valence-corrected chi connectivity index (χ3v) is 7.31. The lowest BCUT2D eigenvalue weighted by Gasteiger charge is -2.36. The molecular weight excluding hydrogens is 448 g/mol. The number of anilines is 1. The first-order valence-corrected chi connectivity index (χ1v) is 13.4. The quantitative estimate of drug-likeness (QED) is 0.431. The summed E-state index contributed by atoms with van der Waals surface area (Å²) in [6, 6.07) is 21.3. The Kier molecular flexibility index (Phi) is 8.04. The molecule has 3 N–H and O–H groups in total. The molecule has 36 heavy (non-hydrogen) atoms. The largest absolute Gasteiger partial charge is 0.494 e. The molecule has 1 saturated heterocycles. The number of nitrogen functional groups attached to an aromatic ring is 1. The Balaban J connectivity index is 1.32. The fraction of sp³-hybridized carbons (Fsp3) is 0.433. The second kappa shape index (κ2) is 11.8. The van der Waals surface area contributed by atoms with E-state index in [4.69, 9.17) is 15.2 Å². The van der Waals surface area contributed by atoms with Crippen molar-refractivity contribution in [2.24, 2.45) is 0 Å². The normalized spacial score (nSPS) is 18.9. The molecule has 1 aliphatic carbocycles. The fourth-order valence-electron chi connectivity index (χ4n) is 5.39. The van der Waals surface area contributed by atoms with Crippen LogP contribution in [0.2, 0.25) is 0 Å². The van der Waals surface area contributed by atoms with Crippen LogP contribution in [-0.4, -0.2) is 48.8 Å². The monoisotopic (exact) mass is 486 g/mol. The van der Waals surface area contributed by atoms with Gasteiger partial charge in [0.2, 0.25) is 0 Å². The molecule has 2 heterocycles. The van der Waals surface area contributed by atoms with Gasteiger partial charge in [-0.25, -0.2) is 4.98 Å². The van der Waals surface area contributed by atoms with Crippen molar-refractivity contribution >= 4 is 5.82 Å². The van der Waals surface area contributed by atoms with Crippen molar-refractivity contribution in [1.82, 2.24) is 15.2 Å². The molecule has 1 atom stereocenters. The van der Waals surface area contributed by atoms with Gasteiger partial charge >= 0.3 is 0 Å². The molecule has 1 aliphatic heterocycles. The summed E-state index contributed by atoms with van der Waals surface area (Å²) in [5.74, 6) is 2.39. The summed E-state index contributed by atoms with van der Waals surface area (Å²) in [4.78, 5) is 7.16. The minimum atomic E-state index is 0.289. The number of benzene rings is 2. The van der Waals surface area contributed by atoms with E-state index in [2.05, 4.69) is 57.7 Å². The Labute approximate surface area is 214 Å². The number of nitrogens with one attached hydrogen (secondary N) is 1. The second-order valence-corrected chi connectivity index (χ2v) is 9.81. The molecule has 0 radical (unpaired) electrons. The van der Waals surface area contributed by atoms with Crippen LogP contribution in [0.4, 0.5) is 5.82 Å². The highest BCUT2D eigenvalue weighted by atomic mass is 16.5. The summed E-state index contributed by atoms with van der Waals surface area (Å²) >= 11 is 0. The first-order chi connectivity index (χ1) is 17.7. The molecule has 3 aromatic rings. The Morgan fingerprint density at radius 2 is 1.89 bits per heavy atom. The van der Waals surface area contributed by atoms with Gasteiger partial charge in [-0.05, 0) is 86.6 Å². The van der Waals surface area contributed by atoms with Gasteiger partial charge in [0.05, 0.1) is 18.4 Å². The minimum absolute atomic E-state index is 0.289. The Hall–Kier alpha value is -3.09. The zero-order valence-electron chi connectivity index (χ0n) is 21.3. The van der Waals surface area contributed by atoms with E-state index in [-0.39, 0.29) is 6.10 Å². The standard InChI is InChI=1S/C30H38N4O2/c1-2-35-24-13-11-23(12-14-24)28-21-32-17-19-34(28)18-16-22-10-15-26(27-8-5-9-30(31)33-27)29(20-22)36-25-6-3-4-7-25/h5,8-15,20,25,28,32H,2-4,6-7,16-19,21H2,1H3,(H2,31,33). The molecule has 0 spiro atoms. The van der Waals surface area contributed by atoms with Gasteiger partial charge in [-0.1, -0.05) is 24.3 Å². The van der Waals surface area contributed by atoms with Gasteiger partial charge in [0, 0.05) is 37.8 Å². The van der Waals surface area contributed by atoms with Gasteiger partial charge in [0.1, 0.15) is 17.3 Å². The molecule has 2 aliphatic rings. The van der Waals surface area contributed by atoms with Crippen LogP contribution in [0.25, 0.3) is 11.3 Å². The highest BCUT2D eigenvalue weighted by molar-refractivity contribution is 5.69. The van der Waals surface area contributed by atoms with Crippen molar-refractivity contribution in [2.45, 2.75) is 51.2 Å². The lowest BCUT2D eigenvalue weighted by molar-refractivity contribution is 0.164. The van der Waals surface area contributed by atoms with E-state index >= 15 is 0 Å². The highest BCUT2D eigenvalue weighted by Crippen LogP contribution is 2.34. The molecule has 6 heteroatoms. The van der Waals surface area contributed by atoms with Crippen LogP contribution in [0, 0.1) is 0 Å². The van der Waals surface area contributed by atoms with E-state index in [1.807, 2.05) is 25.1 Å². The van der Waals surface area contributed by atoms with E-state index in [0.29, 0.717) is 18.5 Å². The van der Waals surface area contributed by atoms with Crippen LogP contribution in [0.15, 0.2) is 60.7 Å². The molecule has 190 valence electrons. The van der Waals surface area contributed by atoms with Crippen molar-refractivity contribution in [2.75, 3.05) is 38.5 Å². The van der Waals surface area contributed by atoms with E-state index in [1.165, 1.54) is 24.0 Å². The lowest BCUT2D eigenvalue weighted by Crippen LogP contribution is -2.46. The van der Waals surface area contributed by atoms with Crippen LogP contribution >= 0.6 is 0 Å². The third kappa shape index (κ3) is 6.00. The zero-order chi connectivity index (χ0) is 24.7. The van der Waals surface area contributed by atoms with Gasteiger partial charge in [-0.15, -0.1) is 0 Å². The summed E-state index contributed by atoms with van der Waals surface area (Å²) < 4.78 is 12.2. The molecule has 1 unspecified atom stereocenters. The second-order valence-electron chi connectivity index (χ2n) is 9.81. The zero-order valence-corrected chi connectivity index (χ0v) is 21.3. The number of nitrogens with zero attached hydrogens (tertiary/aromatic N) is 2. The number of rotatable bonds is 9. The van der Waals surface area contributed by atoms with Crippen molar-refractivity contribution in [3.8, 4) is 22.8 Å². The first-order valence-electron chi connectivity index (χ1n) is 13.4. The number of aromatic nitrogens is 1. The van der Waals surface area contributed by atoms with Crippen LogP contribution in [0.5, 0.6) is 11.5 Å². The van der Waals surface area contributed by atoms with Crippen molar-refractivity contribution in [3.63, 3.8) is 0 Å². The summed E-state index contributed by atoms with van der Waals surface area (Å²) in [6.07, 6.45) is 5.99. The average Bonchev–Trinajstić information content (AvgIpc) is 3.42. The minimum Gasteiger partial charge on any atom is -0.494 e. The molecule has 6 nitrogen and oxygen atoms in total. The lowest BCUT2D eigenvalue weighted by atomic mass is 10.0. The van der Waals surface area contributed by atoms with E-state index in [9.17, 15) is 0 Å². The Morgan fingerprint density at radius 3 is 2.67 bits per heavy atom. The van der Waals surface area contributed by atoms with Crippen molar-refractivity contribution in [3.05, 3.63) is 71.8 Å². The fourth-order valence-corrected chi connectivity index (χ4v) is 5.39. The van der Waals surface area contributed by atoms with Gasteiger partial charge in [-0.2, -0.15) is 0 Å². The summed E-state index contributed by atoms with van der Waals surface area (Å²) in [7, 11) is 0. The molecule has 2 aromatic carbocycles. The third-order valence-electron chi connectivity index (χ3n) is 7.31. The number of nitrogens with two attached hydrogens (primary N) is 1. The topological polar surface area (TPSA) is 72.6 Å². The molecule has 0 amide bonds. The first kappa shape index (κ1) is 24.6. The van der Waals surface area contributed by atoms with E-state index in [1.54, 1.807) is 0 Å². The number of hydrogen-bond acceptors (Lipinski definition) is 6. The van der Waals surface area contributed by atoms with E-state index in [0.717, 1.165) is 68.2 Å². The summed E-state index contributed by atoms with van der Waals surface area (Å²) in [6.45, 7) is 6.72. The number of ether oxygens (including phenoxy) is 2. The van der Waals surface area contributed by atoms with Crippen LogP contribution in [-0.2, 0) is 6.42 Å². The SMILES string of the molecule is CCOc1ccc(C2CNCCN2CCc2ccc(-c3cccc(N)n3)c(OC3CCCC3)c2)cc1. The van der Waals surface area contributed by atoms with Crippen LogP contribution in [0.1, 0.15) is 49.8 Å². The Bertz CT molecular complexity index is 1130. The van der Waals surface area contributed by atoms with Crippen molar-refractivity contribution in [1.29, 1.82) is 0 Å². The molecule has 1 aromatic heterocycles. The predicted octanol–water partition coefficient (Wildman–Crippen LogP) is 5.24. The maximum atomic E-state index is 6.54. The molecule has 5 rings (SSSR count). The molecular formula is C30H38N4O2. The molecule has 1 saturated carbocycles. The Morgan fingerprint density at radius 1 is 1.06 bits per heavy atom. The smallest absolute Gasteiger partial charge is 0.129 e. The average molecular weight is 487 g/mol. The van der Waals surface area contributed by atoms with Gasteiger partial charge in [-0.3, -0.25) is 4.90 Å². The summed E-state index contributed by atoms with van der Waals surface area (Å²) in [5.41, 5.74) is 10.5. The van der Waals surface area contributed by atoms with E-state index < -0.39 is 0 Å². The van der Waals surface area contributed by atoms with Crippen molar-refractivity contribution < 1.29 is 9.47 Å². The van der Waals surface area contributed by atoms with Gasteiger partial charge in [0.15, 0.2) is 0 Å². The predicted molar refractivity (Wildman–Crippen MR) is 145 cm³/mol. The van der Waals surface area contributed by atoms with Crippen LogP contribution < -0.4 is 20.5 Å². The maximum absolute atomic E-state index is 6.54. The van der Waals surface area contributed by atoms with Crippen LogP contribution in [0.3, 0.4) is 0 Å². The number of pyridine rings is 1. The maximum Gasteiger partial charge on any atom is 0.129 e. The van der Waals surface area contributed by atoms with Gasteiger partial charge in [0.25, 0.3) is 0 Å². The van der Waals surface area contributed by atoms with Gasteiger partial charge < -0.3 is 20.5 Å². The number of piperazine rings is 1. The molecule has 0 bridgehead atoms. The molecule has 2 fully saturated rings. The highest BCUT2D eigenvalue weighted by Gasteiger charge is 2.24.